The Bertz CT molecular complexity index is 476. The monoisotopic (exact) mass is 275 g/mol. The third-order valence-corrected chi connectivity index (χ3v) is 4.43. The molecular weight excluding hydrogens is 250 g/mol. The predicted molar refractivity (Wildman–Crippen MR) is 79.8 cm³/mol. The van der Waals surface area contributed by atoms with Crippen LogP contribution in [0.25, 0.3) is 0 Å². The van der Waals surface area contributed by atoms with Crippen molar-refractivity contribution >= 4 is 5.78 Å². The standard InChI is InChI=1S/C17H25NO2/c1-17(2,3)13-8-9-15(19)12(10-13)11-14-6-5-7-16(18-14)20-4/h5-7,12-13H,8-11H2,1-4H3. The van der Waals surface area contributed by atoms with Gasteiger partial charge in [-0.1, -0.05) is 26.8 Å². The van der Waals surface area contributed by atoms with Gasteiger partial charge in [-0.2, -0.15) is 0 Å². The van der Waals surface area contributed by atoms with Gasteiger partial charge in [0.2, 0.25) is 5.88 Å². The molecule has 0 amide bonds. The van der Waals surface area contributed by atoms with Crippen molar-refractivity contribution in [2.24, 2.45) is 17.3 Å². The van der Waals surface area contributed by atoms with Crippen molar-refractivity contribution in [3.63, 3.8) is 0 Å². The molecular formula is C17H25NO2. The normalized spacial score (nSPS) is 23.7. The van der Waals surface area contributed by atoms with Crippen LogP contribution >= 0.6 is 0 Å². The molecule has 2 rings (SSSR count). The average molecular weight is 275 g/mol. The highest BCUT2D eigenvalue weighted by Crippen LogP contribution is 2.39. The van der Waals surface area contributed by atoms with Crippen LogP contribution < -0.4 is 4.74 Å². The first-order chi connectivity index (χ1) is 9.40. The molecule has 1 aromatic heterocycles. The molecule has 1 aliphatic carbocycles. The summed E-state index contributed by atoms with van der Waals surface area (Å²) >= 11 is 0. The number of methoxy groups -OCH3 is 1. The van der Waals surface area contributed by atoms with E-state index in [-0.39, 0.29) is 11.3 Å². The molecule has 3 nitrogen and oxygen atoms in total. The van der Waals surface area contributed by atoms with Crippen molar-refractivity contribution in [1.29, 1.82) is 0 Å². The highest BCUT2D eigenvalue weighted by atomic mass is 16.5. The van der Waals surface area contributed by atoms with Crippen LogP contribution in [0, 0.1) is 17.3 Å². The highest BCUT2D eigenvalue weighted by molar-refractivity contribution is 5.82. The van der Waals surface area contributed by atoms with E-state index >= 15 is 0 Å². The zero-order chi connectivity index (χ0) is 14.8. The van der Waals surface area contributed by atoms with Crippen LogP contribution in [0.3, 0.4) is 0 Å². The lowest BCUT2D eigenvalue weighted by atomic mass is 9.68. The van der Waals surface area contributed by atoms with E-state index in [1.54, 1.807) is 7.11 Å². The minimum atomic E-state index is 0.118. The van der Waals surface area contributed by atoms with Gasteiger partial charge in [0, 0.05) is 24.1 Å². The summed E-state index contributed by atoms with van der Waals surface area (Å²) < 4.78 is 5.15. The molecule has 0 radical (unpaired) electrons. The van der Waals surface area contributed by atoms with Gasteiger partial charge >= 0.3 is 0 Å². The van der Waals surface area contributed by atoms with E-state index in [0.717, 1.165) is 31.4 Å². The van der Waals surface area contributed by atoms with E-state index in [1.165, 1.54) is 0 Å². The van der Waals surface area contributed by atoms with Gasteiger partial charge in [-0.3, -0.25) is 4.79 Å². The Morgan fingerprint density at radius 3 is 2.75 bits per heavy atom. The second-order valence-electron chi connectivity index (χ2n) is 6.88. The van der Waals surface area contributed by atoms with Crippen LogP contribution in [0.5, 0.6) is 5.88 Å². The van der Waals surface area contributed by atoms with E-state index in [1.807, 2.05) is 18.2 Å². The van der Waals surface area contributed by atoms with Crippen molar-refractivity contribution in [2.45, 2.75) is 46.5 Å². The fourth-order valence-electron chi connectivity index (χ4n) is 3.03. The molecule has 0 N–H and O–H groups in total. The molecule has 1 aromatic rings. The third-order valence-electron chi connectivity index (χ3n) is 4.43. The fourth-order valence-corrected chi connectivity index (χ4v) is 3.03. The molecule has 1 aliphatic rings. The van der Waals surface area contributed by atoms with Gasteiger partial charge in [-0.15, -0.1) is 0 Å². The Labute approximate surface area is 121 Å². The number of rotatable bonds is 3. The van der Waals surface area contributed by atoms with Gasteiger partial charge in [-0.25, -0.2) is 4.98 Å². The molecule has 20 heavy (non-hydrogen) atoms. The summed E-state index contributed by atoms with van der Waals surface area (Å²) in [6.07, 6.45) is 3.48. The van der Waals surface area contributed by atoms with E-state index in [0.29, 0.717) is 17.6 Å². The zero-order valence-electron chi connectivity index (χ0n) is 13.0. The van der Waals surface area contributed by atoms with E-state index < -0.39 is 0 Å². The molecule has 2 unspecified atom stereocenters. The minimum Gasteiger partial charge on any atom is -0.481 e. The van der Waals surface area contributed by atoms with Crippen LogP contribution in [0.2, 0.25) is 0 Å². The Balaban J connectivity index is 2.08. The lowest BCUT2D eigenvalue weighted by Crippen LogP contribution is -2.33. The van der Waals surface area contributed by atoms with Crippen LogP contribution in [0.15, 0.2) is 18.2 Å². The van der Waals surface area contributed by atoms with Gasteiger partial charge in [0.1, 0.15) is 5.78 Å². The number of aromatic nitrogens is 1. The highest BCUT2D eigenvalue weighted by Gasteiger charge is 2.34. The molecule has 1 saturated carbocycles. The smallest absolute Gasteiger partial charge is 0.213 e. The van der Waals surface area contributed by atoms with Crippen molar-refractivity contribution in [2.75, 3.05) is 7.11 Å². The molecule has 0 bridgehead atoms. The molecule has 1 heterocycles. The summed E-state index contributed by atoms with van der Waals surface area (Å²) in [6.45, 7) is 6.82. The van der Waals surface area contributed by atoms with Crippen LogP contribution in [0.4, 0.5) is 0 Å². The van der Waals surface area contributed by atoms with Gasteiger partial charge in [-0.05, 0) is 36.7 Å². The van der Waals surface area contributed by atoms with Crippen LogP contribution in [-0.4, -0.2) is 17.9 Å². The SMILES string of the molecule is COc1cccc(CC2CC(C(C)(C)C)CCC2=O)n1. The third kappa shape index (κ3) is 3.59. The number of carbonyl (C=O) groups excluding carboxylic acids is 1. The Morgan fingerprint density at radius 1 is 1.35 bits per heavy atom. The van der Waals surface area contributed by atoms with Gasteiger partial charge in [0.15, 0.2) is 0 Å². The molecule has 0 aromatic carbocycles. The fraction of sp³-hybridized carbons (Fsp3) is 0.647. The first-order valence-corrected chi connectivity index (χ1v) is 7.43. The van der Waals surface area contributed by atoms with Gasteiger partial charge < -0.3 is 4.74 Å². The Kier molecular flexibility index (Phi) is 4.46. The minimum absolute atomic E-state index is 0.118. The van der Waals surface area contributed by atoms with Crippen molar-refractivity contribution in [1.82, 2.24) is 4.98 Å². The second kappa shape index (κ2) is 5.94. The molecule has 3 heteroatoms. The molecule has 1 fully saturated rings. The van der Waals surface area contributed by atoms with E-state index in [2.05, 4.69) is 25.8 Å². The second-order valence-corrected chi connectivity index (χ2v) is 6.88. The summed E-state index contributed by atoms with van der Waals surface area (Å²) in [6, 6.07) is 5.76. The quantitative estimate of drug-likeness (QED) is 0.845. The maximum absolute atomic E-state index is 12.2. The van der Waals surface area contributed by atoms with Crippen molar-refractivity contribution in [3.8, 4) is 5.88 Å². The lowest BCUT2D eigenvalue weighted by molar-refractivity contribution is -0.126. The van der Waals surface area contributed by atoms with Crippen LogP contribution in [-0.2, 0) is 11.2 Å². The first kappa shape index (κ1) is 15.0. The summed E-state index contributed by atoms with van der Waals surface area (Å²) in [5, 5.41) is 0. The van der Waals surface area contributed by atoms with E-state index in [4.69, 9.17) is 4.74 Å². The van der Waals surface area contributed by atoms with Gasteiger partial charge in [0.05, 0.1) is 7.11 Å². The largest absolute Gasteiger partial charge is 0.481 e. The number of ketones is 1. The number of Topliss-reactive ketones (excluding diaryl/α,β-unsaturated/α-hetero) is 1. The Hall–Kier alpha value is -1.38. The summed E-state index contributed by atoms with van der Waals surface area (Å²) in [4.78, 5) is 16.6. The maximum Gasteiger partial charge on any atom is 0.213 e. The number of nitrogens with zero attached hydrogens (tertiary/aromatic N) is 1. The van der Waals surface area contributed by atoms with E-state index in [9.17, 15) is 4.79 Å². The number of carbonyl (C=O) groups is 1. The van der Waals surface area contributed by atoms with Gasteiger partial charge in [0.25, 0.3) is 0 Å². The molecule has 0 aliphatic heterocycles. The summed E-state index contributed by atoms with van der Waals surface area (Å²) in [5.74, 6) is 1.76. The van der Waals surface area contributed by atoms with Crippen LogP contribution in [0.1, 0.15) is 45.7 Å². The zero-order valence-corrected chi connectivity index (χ0v) is 13.0. The first-order valence-electron chi connectivity index (χ1n) is 7.43. The number of hydrogen-bond donors (Lipinski definition) is 0. The molecule has 2 atom stereocenters. The van der Waals surface area contributed by atoms with Crippen molar-refractivity contribution in [3.05, 3.63) is 23.9 Å². The molecule has 0 saturated heterocycles. The number of ether oxygens (including phenoxy) is 1. The average Bonchev–Trinajstić information content (AvgIpc) is 2.40. The number of pyridine rings is 1. The number of hydrogen-bond acceptors (Lipinski definition) is 3. The topological polar surface area (TPSA) is 39.2 Å². The molecule has 0 spiro atoms. The predicted octanol–water partition coefficient (Wildman–Crippen LogP) is 3.66. The summed E-state index contributed by atoms with van der Waals surface area (Å²) in [5.41, 5.74) is 1.23. The summed E-state index contributed by atoms with van der Waals surface area (Å²) in [7, 11) is 1.62. The molecule has 110 valence electrons. The Morgan fingerprint density at radius 2 is 2.10 bits per heavy atom. The maximum atomic E-state index is 12.2. The van der Waals surface area contributed by atoms with Crippen molar-refractivity contribution < 1.29 is 9.53 Å². The lowest BCUT2D eigenvalue weighted by Gasteiger charge is -2.37.